The molecule has 0 aliphatic carbocycles. The molecule has 0 N–H and O–H groups in total. The monoisotopic (exact) mass is 185 g/mol. The second-order valence-corrected chi connectivity index (χ2v) is 2.74. The number of nitrogens with zero attached hydrogens (tertiary/aromatic N) is 1. The zero-order valence-electron chi connectivity index (χ0n) is 7.86. The SMILES string of the molecule is C=CC(=O)OCC(CCCC)N=O. The summed E-state index contributed by atoms with van der Waals surface area (Å²) in [7, 11) is 0. The largest absolute Gasteiger partial charge is 0.460 e. The zero-order valence-corrected chi connectivity index (χ0v) is 7.86. The Hall–Kier alpha value is -1.19. The first-order chi connectivity index (χ1) is 6.24. The molecule has 0 saturated heterocycles. The molecule has 0 aromatic heterocycles. The maximum atomic E-state index is 10.6. The first-order valence-electron chi connectivity index (χ1n) is 4.36. The van der Waals surface area contributed by atoms with Crippen molar-refractivity contribution in [1.29, 1.82) is 0 Å². The van der Waals surface area contributed by atoms with Gasteiger partial charge in [-0.3, -0.25) is 0 Å². The van der Waals surface area contributed by atoms with Crippen LogP contribution in [0.3, 0.4) is 0 Å². The molecule has 0 heterocycles. The fourth-order valence-electron chi connectivity index (χ4n) is 0.843. The van der Waals surface area contributed by atoms with Crippen LogP contribution >= 0.6 is 0 Å². The van der Waals surface area contributed by atoms with Gasteiger partial charge in [0, 0.05) is 6.08 Å². The lowest BCUT2D eigenvalue weighted by molar-refractivity contribution is -0.138. The molecule has 0 aliphatic heterocycles. The van der Waals surface area contributed by atoms with Gasteiger partial charge in [-0.2, -0.15) is 4.91 Å². The smallest absolute Gasteiger partial charge is 0.330 e. The third-order valence-corrected chi connectivity index (χ3v) is 1.62. The summed E-state index contributed by atoms with van der Waals surface area (Å²) in [5.74, 6) is -0.509. The Morgan fingerprint density at radius 3 is 2.85 bits per heavy atom. The molecule has 0 radical (unpaired) electrons. The number of hydrogen-bond acceptors (Lipinski definition) is 4. The predicted molar refractivity (Wildman–Crippen MR) is 50.3 cm³/mol. The van der Waals surface area contributed by atoms with E-state index in [1.165, 1.54) is 0 Å². The van der Waals surface area contributed by atoms with E-state index in [1.54, 1.807) is 0 Å². The van der Waals surface area contributed by atoms with Gasteiger partial charge < -0.3 is 4.74 Å². The van der Waals surface area contributed by atoms with E-state index in [-0.39, 0.29) is 6.61 Å². The second-order valence-electron chi connectivity index (χ2n) is 2.74. The van der Waals surface area contributed by atoms with E-state index in [9.17, 15) is 9.70 Å². The van der Waals surface area contributed by atoms with Gasteiger partial charge in [0.1, 0.15) is 12.6 Å². The first-order valence-corrected chi connectivity index (χ1v) is 4.36. The normalized spacial score (nSPS) is 11.8. The summed E-state index contributed by atoms with van der Waals surface area (Å²) in [5, 5.41) is 2.87. The van der Waals surface area contributed by atoms with E-state index >= 15 is 0 Å². The fourth-order valence-corrected chi connectivity index (χ4v) is 0.843. The summed E-state index contributed by atoms with van der Waals surface area (Å²) >= 11 is 0. The van der Waals surface area contributed by atoms with Crippen LogP contribution in [0.4, 0.5) is 0 Å². The number of carbonyl (C=O) groups excluding carboxylic acids is 1. The molecule has 0 aliphatic rings. The van der Waals surface area contributed by atoms with Crippen molar-refractivity contribution >= 4 is 5.97 Å². The first kappa shape index (κ1) is 11.8. The van der Waals surface area contributed by atoms with Crippen molar-refractivity contribution in [2.45, 2.75) is 32.2 Å². The number of nitroso groups, excluding NO2 is 1. The van der Waals surface area contributed by atoms with Crippen LogP contribution in [0, 0.1) is 4.91 Å². The lowest BCUT2D eigenvalue weighted by Crippen LogP contribution is -2.15. The number of unbranched alkanes of at least 4 members (excludes halogenated alkanes) is 1. The van der Waals surface area contributed by atoms with Crippen LogP contribution in [0.2, 0.25) is 0 Å². The molecule has 74 valence electrons. The van der Waals surface area contributed by atoms with Crippen LogP contribution in [-0.4, -0.2) is 18.6 Å². The van der Waals surface area contributed by atoms with Crippen molar-refractivity contribution < 1.29 is 9.53 Å². The highest BCUT2D eigenvalue weighted by molar-refractivity contribution is 5.81. The molecule has 0 fully saturated rings. The Labute approximate surface area is 77.9 Å². The summed E-state index contributed by atoms with van der Waals surface area (Å²) in [4.78, 5) is 20.9. The minimum atomic E-state index is -0.509. The summed E-state index contributed by atoms with van der Waals surface area (Å²) in [6, 6.07) is -0.413. The number of ether oxygens (including phenoxy) is 1. The molecule has 0 saturated carbocycles. The molecule has 0 amide bonds. The molecule has 0 bridgehead atoms. The molecule has 4 nitrogen and oxygen atoms in total. The number of esters is 1. The van der Waals surface area contributed by atoms with Crippen LogP contribution in [0.25, 0.3) is 0 Å². The summed E-state index contributed by atoms with van der Waals surface area (Å²) in [5.41, 5.74) is 0. The van der Waals surface area contributed by atoms with Crippen LogP contribution in [0.5, 0.6) is 0 Å². The lowest BCUT2D eigenvalue weighted by atomic mass is 10.1. The number of hydrogen-bond donors (Lipinski definition) is 0. The van der Waals surface area contributed by atoms with Crippen molar-refractivity contribution in [2.75, 3.05) is 6.61 Å². The van der Waals surface area contributed by atoms with Gasteiger partial charge in [0.2, 0.25) is 0 Å². The standard InChI is InChI=1S/C9H15NO3/c1-3-5-6-8(10-12)7-13-9(11)4-2/h4,8H,2-3,5-7H2,1H3. The molecule has 13 heavy (non-hydrogen) atoms. The minimum Gasteiger partial charge on any atom is -0.460 e. The van der Waals surface area contributed by atoms with Gasteiger partial charge in [0.15, 0.2) is 0 Å². The maximum Gasteiger partial charge on any atom is 0.330 e. The van der Waals surface area contributed by atoms with E-state index in [1.807, 2.05) is 6.92 Å². The van der Waals surface area contributed by atoms with Crippen LogP contribution < -0.4 is 0 Å². The van der Waals surface area contributed by atoms with E-state index in [2.05, 4.69) is 11.8 Å². The molecular weight excluding hydrogens is 170 g/mol. The maximum absolute atomic E-state index is 10.6. The van der Waals surface area contributed by atoms with E-state index in [0.717, 1.165) is 18.9 Å². The zero-order chi connectivity index (χ0) is 10.1. The topological polar surface area (TPSA) is 55.7 Å². The van der Waals surface area contributed by atoms with Crippen molar-refractivity contribution in [2.24, 2.45) is 5.18 Å². The highest BCUT2D eigenvalue weighted by Crippen LogP contribution is 2.04. The molecule has 0 rings (SSSR count). The summed E-state index contributed by atoms with van der Waals surface area (Å²) in [6.07, 6.45) is 3.66. The molecule has 0 spiro atoms. The predicted octanol–water partition coefficient (Wildman–Crippen LogP) is 2.04. The van der Waals surface area contributed by atoms with Gasteiger partial charge >= 0.3 is 5.97 Å². The summed E-state index contributed by atoms with van der Waals surface area (Å²) in [6.45, 7) is 5.33. The Balaban J connectivity index is 3.64. The Bertz CT molecular complexity index is 180. The van der Waals surface area contributed by atoms with Gasteiger partial charge in [-0.1, -0.05) is 31.5 Å². The highest BCUT2D eigenvalue weighted by atomic mass is 16.5. The Kier molecular flexibility index (Phi) is 6.78. The average molecular weight is 185 g/mol. The third kappa shape index (κ3) is 6.02. The van der Waals surface area contributed by atoms with Crippen molar-refractivity contribution in [3.05, 3.63) is 17.6 Å². The third-order valence-electron chi connectivity index (χ3n) is 1.62. The molecular formula is C9H15NO3. The van der Waals surface area contributed by atoms with Crippen LogP contribution in [0.1, 0.15) is 26.2 Å². The lowest BCUT2D eigenvalue weighted by Gasteiger charge is -2.07. The fraction of sp³-hybridized carbons (Fsp3) is 0.667. The average Bonchev–Trinajstić information content (AvgIpc) is 2.17. The molecule has 0 aromatic rings. The highest BCUT2D eigenvalue weighted by Gasteiger charge is 2.09. The number of carbonyl (C=O) groups is 1. The Morgan fingerprint density at radius 1 is 1.69 bits per heavy atom. The van der Waals surface area contributed by atoms with E-state index in [0.29, 0.717) is 6.42 Å². The summed E-state index contributed by atoms with van der Waals surface area (Å²) < 4.78 is 4.69. The van der Waals surface area contributed by atoms with Gasteiger partial charge in [0.25, 0.3) is 0 Å². The van der Waals surface area contributed by atoms with Crippen LogP contribution in [-0.2, 0) is 9.53 Å². The van der Waals surface area contributed by atoms with Gasteiger partial charge in [-0.05, 0) is 6.42 Å². The Morgan fingerprint density at radius 2 is 2.38 bits per heavy atom. The molecule has 1 atom stereocenters. The van der Waals surface area contributed by atoms with Gasteiger partial charge in [0.05, 0.1) is 0 Å². The van der Waals surface area contributed by atoms with Crippen molar-refractivity contribution in [1.82, 2.24) is 0 Å². The quantitative estimate of drug-likeness (QED) is 0.346. The number of rotatable bonds is 7. The molecule has 4 heteroatoms. The molecule has 0 aromatic carbocycles. The van der Waals surface area contributed by atoms with E-state index in [4.69, 9.17) is 4.74 Å². The van der Waals surface area contributed by atoms with Crippen molar-refractivity contribution in [3.63, 3.8) is 0 Å². The van der Waals surface area contributed by atoms with Gasteiger partial charge in [-0.25, -0.2) is 4.79 Å². The van der Waals surface area contributed by atoms with Gasteiger partial charge in [-0.15, -0.1) is 0 Å². The molecule has 1 unspecified atom stereocenters. The second kappa shape index (κ2) is 7.46. The minimum absolute atomic E-state index is 0.0638. The van der Waals surface area contributed by atoms with Crippen LogP contribution in [0.15, 0.2) is 17.8 Å². The van der Waals surface area contributed by atoms with E-state index < -0.39 is 12.0 Å². The van der Waals surface area contributed by atoms with Crippen molar-refractivity contribution in [3.8, 4) is 0 Å².